The first kappa shape index (κ1) is 38.0. The van der Waals surface area contributed by atoms with Crippen molar-refractivity contribution < 1.29 is 46.2 Å². The van der Waals surface area contributed by atoms with E-state index < -0.39 is 47.5 Å². The number of methoxy groups -OCH3 is 1. The second-order valence-electron chi connectivity index (χ2n) is 13.2. The number of piperazine rings is 1. The summed E-state index contributed by atoms with van der Waals surface area (Å²) in [6.07, 6.45) is -5.13. The summed E-state index contributed by atoms with van der Waals surface area (Å²) in [6, 6.07) is 7.13. The van der Waals surface area contributed by atoms with Crippen LogP contribution in [0.4, 0.5) is 28.2 Å². The van der Waals surface area contributed by atoms with Gasteiger partial charge in [-0.3, -0.25) is 9.69 Å². The first-order valence-corrected chi connectivity index (χ1v) is 15.9. The van der Waals surface area contributed by atoms with Gasteiger partial charge in [0.1, 0.15) is 34.7 Å². The fourth-order valence-electron chi connectivity index (χ4n) is 5.37. The number of carbonyl (C=O) groups is 3. The third-order valence-electron chi connectivity index (χ3n) is 8.03. The van der Waals surface area contributed by atoms with Crippen LogP contribution in [0.5, 0.6) is 5.75 Å². The lowest BCUT2D eigenvalue weighted by Crippen LogP contribution is -2.55. The Morgan fingerprint density at radius 1 is 1.00 bits per heavy atom. The van der Waals surface area contributed by atoms with Crippen LogP contribution in [0.2, 0.25) is 0 Å². The van der Waals surface area contributed by atoms with Gasteiger partial charge in [0.15, 0.2) is 0 Å². The van der Waals surface area contributed by atoms with Gasteiger partial charge in [-0.25, -0.2) is 23.9 Å². The van der Waals surface area contributed by atoms with Gasteiger partial charge in [0, 0.05) is 49.5 Å². The number of ether oxygens (including phenoxy) is 3. The van der Waals surface area contributed by atoms with E-state index in [0.717, 1.165) is 13.3 Å². The zero-order valence-corrected chi connectivity index (χ0v) is 29.2. The van der Waals surface area contributed by atoms with E-state index in [1.54, 1.807) is 51.7 Å². The molecular formula is C35H41F4N5O6. The molecule has 1 fully saturated rings. The van der Waals surface area contributed by atoms with Crippen LogP contribution < -0.4 is 10.1 Å². The average Bonchev–Trinajstić information content (AvgIpc) is 3.01. The van der Waals surface area contributed by atoms with Crippen LogP contribution >= 0.6 is 0 Å². The van der Waals surface area contributed by atoms with Crippen molar-refractivity contribution in [3.63, 3.8) is 0 Å². The maximum Gasteiger partial charge on any atom is 0.451 e. The Kier molecular flexibility index (Phi) is 11.4. The Morgan fingerprint density at radius 3 is 2.30 bits per heavy atom. The second kappa shape index (κ2) is 15.0. The molecule has 2 atom stereocenters. The highest BCUT2D eigenvalue weighted by molar-refractivity contribution is 6.07. The standard InChI is InChI=1S/C35H41F4N5O6/c1-19-9-10-23(14-26(19)36)28(18-43-11-12-44(22(4)17-43)33(47)50-34(5,6)7)49-27-13-20(2)24(15-25(27)31(46)48-8)30(45)41-29-21(3)16-40-32(42-29)35(37,38)39/h9-10,13-16,22,28H,11-12,17-18H2,1-8H3,(H,40,41,42,45)/t22-,28-/m1/s1. The molecule has 0 bridgehead atoms. The lowest BCUT2D eigenvalue weighted by Gasteiger charge is -2.41. The van der Waals surface area contributed by atoms with Crippen molar-refractivity contribution in [3.8, 4) is 5.75 Å². The average molecular weight is 704 g/mol. The number of nitrogens with zero attached hydrogens (tertiary/aromatic N) is 4. The first-order valence-electron chi connectivity index (χ1n) is 15.9. The minimum absolute atomic E-state index is 0.0369. The Morgan fingerprint density at radius 2 is 1.70 bits per heavy atom. The van der Waals surface area contributed by atoms with Crippen molar-refractivity contribution in [1.29, 1.82) is 0 Å². The number of rotatable bonds is 8. The zero-order valence-electron chi connectivity index (χ0n) is 29.2. The van der Waals surface area contributed by atoms with Crippen molar-refractivity contribution in [3.05, 3.63) is 81.6 Å². The number of aromatic nitrogens is 2. The maximum absolute atomic E-state index is 14.8. The maximum atomic E-state index is 14.8. The Hall–Kier alpha value is -4.79. The van der Waals surface area contributed by atoms with E-state index in [9.17, 15) is 31.9 Å². The molecule has 270 valence electrons. The van der Waals surface area contributed by atoms with Gasteiger partial charge in [0.2, 0.25) is 5.82 Å². The number of halogens is 4. The lowest BCUT2D eigenvalue weighted by molar-refractivity contribution is -0.144. The van der Waals surface area contributed by atoms with Gasteiger partial charge in [-0.05, 0) is 83.4 Å². The van der Waals surface area contributed by atoms with E-state index in [-0.39, 0.29) is 40.8 Å². The molecule has 2 amide bonds. The van der Waals surface area contributed by atoms with Gasteiger partial charge in [-0.2, -0.15) is 13.2 Å². The minimum atomic E-state index is -4.83. The molecule has 0 saturated carbocycles. The Bertz CT molecular complexity index is 1760. The van der Waals surface area contributed by atoms with E-state index in [0.29, 0.717) is 36.3 Å². The number of benzene rings is 2. The Balaban J connectivity index is 1.65. The number of aryl methyl sites for hydroxylation is 3. The number of anilines is 1. The number of hydrogen-bond donors (Lipinski definition) is 1. The summed E-state index contributed by atoms with van der Waals surface area (Å²) in [5.74, 6) is -3.87. The summed E-state index contributed by atoms with van der Waals surface area (Å²) in [7, 11) is 1.15. The molecule has 2 heterocycles. The van der Waals surface area contributed by atoms with Gasteiger partial charge in [-0.1, -0.05) is 12.1 Å². The van der Waals surface area contributed by atoms with Crippen LogP contribution in [0.15, 0.2) is 36.5 Å². The molecule has 0 radical (unpaired) electrons. The van der Waals surface area contributed by atoms with E-state index in [2.05, 4.69) is 20.2 Å². The Labute approximate surface area is 287 Å². The molecule has 11 nitrogen and oxygen atoms in total. The van der Waals surface area contributed by atoms with E-state index in [4.69, 9.17) is 14.2 Å². The molecule has 15 heteroatoms. The van der Waals surface area contributed by atoms with Gasteiger partial charge in [0.05, 0.1) is 7.11 Å². The van der Waals surface area contributed by atoms with Crippen LogP contribution in [0.3, 0.4) is 0 Å². The molecule has 2 aromatic carbocycles. The smallest absolute Gasteiger partial charge is 0.451 e. The number of nitrogens with one attached hydrogen (secondary N) is 1. The number of carbonyl (C=O) groups excluding carboxylic acids is 3. The van der Waals surface area contributed by atoms with Crippen molar-refractivity contribution >= 4 is 23.8 Å². The number of esters is 1. The van der Waals surface area contributed by atoms with Gasteiger partial charge < -0.3 is 24.4 Å². The highest BCUT2D eigenvalue weighted by Gasteiger charge is 2.36. The normalized spacial score (nSPS) is 16.1. The molecule has 1 saturated heterocycles. The molecule has 1 N–H and O–H groups in total. The zero-order chi connectivity index (χ0) is 37.1. The molecule has 3 aromatic rings. The molecule has 0 unspecified atom stereocenters. The van der Waals surface area contributed by atoms with Crippen LogP contribution in [-0.2, 0) is 15.7 Å². The van der Waals surface area contributed by atoms with Crippen LogP contribution in [0.25, 0.3) is 0 Å². The number of hydrogen-bond acceptors (Lipinski definition) is 9. The van der Waals surface area contributed by atoms with Crippen LogP contribution in [0, 0.1) is 26.6 Å². The van der Waals surface area contributed by atoms with Crippen molar-refractivity contribution in [2.24, 2.45) is 0 Å². The number of amides is 2. The predicted molar refractivity (Wildman–Crippen MR) is 176 cm³/mol. The summed E-state index contributed by atoms with van der Waals surface area (Å²) >= 11 is 0. The quantitative estimate of drug-likeness (QED) is 0.203. The van der Waals surface area contributed by atoms with E-state index >= 15 is 0 Å². The largest absolute Gasteiger partial charge is 0.483 e. The number of alkyl halides is 3. The fraction of sp³-hybridized carbons (Fsp3) is 0.457. The molecule has 50 heavy (non-hydrogen) atoms. The van der Waals surface area contributed by atoms with Crippen molar-refractivity contribution in [2.75, 3.05) is 38.6 Å². The summed E-state index contributed by atoms with van der Waals surface area (Å²) in [4.78, 5) is 49.6. The lowest BCUT2D eigenvalue weighted by atomic mass is 10.0. The van der Waals surface area contributed by atoms with Crippen LogP contribution in [0.1, 0.15) is 82.6 Å². The molecule has 1 aromatic heterocycles. The topological polar surface area (TPSA) is 123 Å². The molecule has 1 aliphatic rings. The molecule has 0 spiro atoms. The van der Waals surface area contributed by atoms with Crippen molar-refractivity contribution in [2.45, 2.75) is 72.4 Å². The highest BCUT2D eigenvalue weighted by Crippen LogP contribution is 2.32. The molecule has 1 aliphatic heterocycles. The van der Waals surface area contributed by atoms with E-state index in [1.807, 2.05) is 6.92 Å². The summed E-state index contributed by atoms with van der Waals surface area (Å²) in [6.45, 7) is 13.4. The molecular weight excluding hydrogens is 662 g/mol. The van der Waals surface area contributed by atoms with Gasteiger partial charge >= 0.3 is 18.2 Å². The monoisotopic (exact) mass is 703 g/mol. The summed E-state index contributed by atoms with van der Waals surface area (Å²) < 4.78 is 71.5. The minimum Gasteiger partial charge on any atom is -0.483 e. The summed E-state index contributed by atoms with van der Waals surface area (Å²) in [5.41, 5.74) is 0.571. The summed E-state index contributed by atoms with van der Waals surface area (Å²) in [5, 5.41) is 2.38. The van der Waals surface area contributed by atoms with Crippen LogP contribution in [-0.4, -0.2) is 82.7 Å². The molecule has 4 rings (SSSR count). The highest BCUT2D eigenvalue weighted by atomic mass is 19.4. The van der Waals surface area contributed by atoms with E-state index in [1.165, 1.54) is 25.1 Å². The van der Waals surface area contributed by atoms with Crippen molar-refractivity contribution in [1.82, 2.24) is 19.8 Å². The second-order valence-corrected chi connectivity index (χ2v) is 13.2. The van der Waals surface area contributed by atoms with Gasteiger partial charge in [-0.15, -0.1) is 0 Å². The third kappa shape index (κ3) is 9.25. The predicted octanol–water partition coefficient (Wildman–Crippen LogP) is 6.66. The fourth-order valence-corrected chi connectivity index (χ4v) is 5.37. The first-order chi connectivity index (χ1) is 23.3. The third-order valence-corrected chi connectivity index (χ3v) is 8.03. The molecule has 0 aliphatic carbocycles. The van der Waals surface area contributed by atoms with Gasteiger partial charge in [0.25, 0.3) is 5.91 Å². The SMILES string of the molecule is COC(=O)c1cc(C(=O)Nc2nc(C(F)(F)F)ncc2C)c(C)cc1O[C@H](CN1CCN(C(=O)OC(C)(C)C)[C@H](C)C1)c1ccc(C)c(F)c1.